The number of aliphatic hydroxyl groups is 3. The van der Waals surface area contributed by atoms with Crippen LogP contribution in [0.15, 0.2) is 21.9 Å². The first kappa shape index (κ1) is 27.1. The highest BCUT2D eigenvalue weighted by Crippen LogP contribution is 2.27. The van der Waals surface area contributed by atoms with Crippen LogP contribution in [0.25, 0.3) is 0 Å². The van der Waals surface area contributed by atoms with Crippen LogP contribution in [0.3, 0.4) is 0 Å². The van der Waals surface area contributed by atoms with Gasteiger partial charge in [0.2, 0.25) is 0 Å². The number of aromatic nitrogens is 2. The van der Waals surface area contributed by atoms with Crippen molar-refractivity contribution >= 4 is 33.5 Å². The molecule has 10 N–H and O–H groups in total. The van der Waals surface area contributed by atoms with Crippen molar-refractivity contribution in [3.8, 4) is 0 Å². The molecule has 176 valence electrons. The Labute approximate surface area is 182 Å². The van der Waals surface area contributed by atoms with Crippen molar-refractivity contribution in [1.29, 1.82) is 0 Å². The smallest absolute Gasteiger partial charge is 0.330 e. The van der Waals surface area contributed by atoms with Gasteiger partial charge in [-0.25, -0.2) is 4.79 Å². The van der Waals surface area contributed by atoms with Gasteiger partial charge in [0.05, 0.1) is 6.61 Å². The lowest BCUT2D eigenvalue weighted by Gasteiger charge is -2.16. The number of ether oxygens (including phenoxy) is 1. The van der Waals surface area contributed by atoms with Gasteiger partial charge in [0, 0.05) is 23.8 Å². The van der Waals surface area contributed by atoms with E-state index in [1.54, 1.807) is 0 Å². The molecule has 0 bridgehead atoms. The number of nitrogens with zero attached hydrogens (tertiary/aromatic N) is 1. The zero-order chi connectivity index (χ0) is 23.7. The van der Waals surface area contributed by atoms with E-state index in [-0.39, 0.29) is 11.5 Å². The molecule has 1 fully saturated rings. The standard InChI is InChI=1S/C9H12N2O6.C6H12N2O4S2/c12-3-4-6(14)7(15)8(17-4)11-2-1-5(13)10-9(11)16;7-3(5(9)10)1-13-14-2-4(8)6(11)12/h1-2,4,6-8,12,14-15H,3H2,(H,10,13,16);3-4H,1-2,7-8H2,(H,9,10)(H,11,12)/t4-,6-,7-,8-;3-,4-/m10/s1. The molecule has 0 radical (unpaired) electrons. The highest BCUT2D eigenvalue weighted by molar-refractivity contribution is 8.76. The molecule has 31 heavy (non-hydrogen) atoms. The van der Waals surface area contributed by atoms with Crippen LogP contribution < -0.4 is 22.7 Å². The molecular formula is C15H24N4O10S2. The number of H-pyrrole nitrogens is 1. The van der Waals surface area contributed by atoms with Crippen LogP contribution >= 0.6 is 21.6 Å². The predicted octanol–water partition coefficient (Wildman–Crippen LogP) is -3.66. The zero-order valence-corrected chi connectivity index (χ0v) is 17.6. The molecule has 1 aliphatic heterocycles. The summed E-state index contributed by atoms with van der Waals surface area (Å²) in [7, 11) is 2.41. The number of nitrogens with one attached hydrogen (secondary N) is 1. The van der Waals surface area contributed by atoms with E-state index in [1.807, 2.05) is 4.98 Å². The number of aromatic amines is 1. The molecule has 1 aromatic heterocycles. The van der Waals surface area contributed by atoms with Gasteiger partial charge < -0.3 is 41.7 Å². The first-order chi connectivity index (χ1) is 14.5. The Kier molecular flexibility index (Phi) is 11.2. The lowest BCUT2D eigenvalue weighted by molar-refractivity contribution is -0.138. The van der Waals surface area contributed by atoms with Crippen LogP contribution in [0.5, 0.6) is 0 Å². The molecule has 0 aromatic carbocycles. The lowest BCUT2D eigenvalue weighted by atomic mass is 10.1. The van der Waals surface area contributed by atoms with Gasteiger partial charge in [0.15, 0.2) is 6.23 Å². The first-order valence-electron chi connectivity index (χ1n) is 8.64. The van der Waals surface area contributed by atoms with Crippen molar-refractivity contribution in [2.24, 2.45) is 11.5 Å². The van der Waals surface area contributed by atoms with Crippen molar-refractivity contribution in [3.05, 3.63) is 33.1 Å². The summed E-state index contributed by atoms with van der Waals surface area (Å²) in [5.41, 5.74) is 9.10. The van der Waals surface area contributed by atoms with E-state index in [9.17, 15) is 29.4 Å². The molecule has 0 unspecified atom stereocenters. The van der Waals surface area contributed by atoms with Crippen molar-refractivity contribution in [2.45, 2.75) is 36.6 Å². The number of carboxylic acids is 2. The molecule has 0 aliphatic carbocycles. The van der Waals surface area contributed by atoms with E-state index >= 15 is 0 Å². The van der Waals surface area contributed by atoms with Gasteiger partial charge >= 0.3 is 17.6 Å². The van der Waals surface area contributed by atoms with E-state index in [4.69, 9.17) is 31.5 Å². The van der Waals surface area contributed by atoms with Gasteiger partial charge in [-0.3, -0.25) is 23.9 Å². The summed E-state index contributed by atoms with van der Waals surface area (Å²) in [4.78, 5) is 44.8. The number of nitrogens with two attached hydrogens (primary N) is 2. The first-order valence-corrected chi connectivity index (χ1v) is 11.1. The Hall–Kier alpha value is -1.92. The third-order valence-corrected chi connectivity index (χ3v) is 6.33. The summed E-state index contributed by atoms with van der Waals surface area (Å²) >= 11 is 0. The second-order valence-electron chi connectivity index (χ2n) is 6.20. The summed E-state index contributed by atoms with van der Waals surface area (Å²) < 4.78 is 6.08. The number of aliphatic hydroxyl groups excluding tert-OH is 3. The number of carbonyl (C=O) groups is 2. The maximum absolute atomic E-state index is 11.4. The molecule has 0 amide bonds. The van der Waals surface area contributed by atoms with Crippen LogP contribution in [-0.2, 0) is 14.3 Å². The Bertz CT molecular complexity index is 828. The van der Waals surface area contributed by atoms with Crippen LogP contribution in [0, 0.1) is 0 Å². The van der Waals surface area contributed by atoms with Crippen molar-refractivity contribution < 1.29 is 39.9 Å². The molecule has 6 atom stereocenters. The van der Waals surface area contributed by atoms with Gasteiger partial charge in [-0.1, -0.05) is 21.6 Å². The van der Waals surface area contributed by atoms with Gasteiger partial charge in [-0.05, 0) is 0 Å². The average Bonchev–Trinajstić information content (AvgIpc) is 2.99. The van der Waals surface area contributed by atoms with E-state index in [0.29, 0.717) is 0 Å². The van der Waals surface area contributed by atoms with Crippen molar-refractivity contribution in [3.63, 3.8) is 0 Å². The SMILES string of the molecule is N[C@@H](CSSC[C@H](N)C(=O)O)C(=O)O.O=c1ccn([C@@H]2O[C@H](CO)[C@@H](O)[C@H]2O)c(=O)[nH]1. The van der Waals surface area contributed by atoms with Crippen molar-refractivity contribution in [2.75, 3.05) is 18.1 Å². The summed E-state index contributed by atoms with van der Waals surface area (Å²) in [6.07, 6.45) is -3.58. The van der Waals surface area contributed by atoms with Gasteiger partial charge in [-0.2, -0.15) is 0 Å². The van der Waals surface area contributed by atoms with Crippen LogP contribution in [0.4, 0.5) is 0 Å². The topological polar surface area (TPSA) is 251 Å². The Balaban J connectivity index is 0.000000318. The summed E-state index contributed by atoms with van der Waals surface area (Å²) in [5, 5.41) is 44.9. The molecule has 14 nitrogen and oxygen atoms in total. The molecule has 1 aromatic rings. The number of carboxylic acid groups (broad SMARTS) is 2. The average molecular weight is 485 g/mol. The Morgan fingerprint density at radius 2 is 1.61 bits per heavy atom. The minimum atomic E-state index is -1.35. The largest absolute Gasteiger partial charge is 0.480 e. The minimum Gasteiger partial charge on any atom is -0.480 e. The lowest BCUT2D eigenvalue weighted by Crippen LogP contribution is -2.37. The van der Waals surface area contributed by atoms with Crippen molar-refractivity contribution in [1.82, 2.24) is 9.55 Å². The maximum atomic E-state index is 11.4. The van der Waals surface area contributed by atoms with Gasteiger partial charge in [0.25, 0.3) is 5.56 Å². The highest BCUT2D eigenvalue weighted by atomic mass is 33.1. The van der Waals surface area contributed by atoms with E-state index in [2.05, 4.69) is 0 Å². The summed E-state index contributed by atoms with van der Waals surface area (Å²) in [6, 6.07) is -0.752. The molecule has 0 spiro atoms. The normalized spacial score (nSPS) is 24.7. The van der Waals surface area contributed by atoms with Crippen LogP contribution in [-0.4, -0.2) is 95.5 Å². The summed E-state index contributed by atoms with van der Waals surface area (Å²) in [5.74, 6) is -1.68. The molecule has 1 saturated heterocycles. The molecule has 2 rings (SSSR count). The fourth-order valence-electron chi connectivity index (χ4n) is 2.12. The number of aliphatic carboxylic acids is 2. The Morgan fingerprint density at radius 1 is 1.10 bits per heavy atom. The predicted molar refractivity (Wildman–Crippen MR) is 110 cm³/mol. The zero-order valence-electron chi connectivity index (χ0n) is 15.9. The third kappa shape index (κ3) is 8.26. The fraction of sp³-hybridized carbons (Fsp3) is 0.600. The molecule has 2 heterocycles. The van der Waals surface area contributed by atoms with Crippen LogP contribution in [0.2, 0.25) is 0 Å². The highest BCUT2D eigenvalue weighted by Gasteiger charge is 2.43. The second kappa shape index (κ2) is 12.8. The molecule has 1 aliphatic rings. The molecule has 16 heteroatoms. The quantitative estimate of drug-likeness (QED) is 0.124. The van der Waals surface area contributed by atoms with E-state index < -0.39 is 66.4 Å². The second-order valence-corrected chi connectivity index (χ2v) is 8.76. The molecular weight excluding hydrogens is 460 g/mol. The monoisotopic (exact) mass is 484 g/mol. The van der Waals surface area contributed by atoms with Gasteiger partial charge in [0.1, 0.15) is 30.4 Å². The Morgan fingerprint density at radius 3 is 2.00 bits per heavy atom. The number of rotatable bonds is 9. The molecule has 0 saturated carbocycles. The number of hydrogen-bond acceptors (Lipinski definition) is 12. The van der Waals surface area contributed by atoms with E-state index in [1.165, 1.54) is 21.6 Å². The van der Waals surface area contributed by atoms with Gasteiger partial charge in [-0.15, -0.1) is 0 Å². The maximum Gasteiger partial charge on any atom is 0.330 e. The minimum absolute atomic E-state index is 0.229. The third-order valence-electron chi connectivity index (χ3n) is 3.86. The van der Waals surface area contributed by atoms with Crippen LogP contribution in [0.1, 0.15) is 6.23 Å². The number of hydrogen-bond donors (Lipinski definition) is 8. The van der Waals surface area contributed by atoms with E-state index in [0.717, 1.165) is 16.8 Å². The fourth-order valence-corrected chi connectivity index (χ4v) is 4.35. The summed E-state index contributed by atoms with van der Waals surface area (Å²) in [6.45, 7) is -0.479.